The van der Waals surface area contributed by atoms with Crippen LogP contribution in [0.2, 0.25) is 0 Å². The van der Waals surface area contributed by atoms with Crippen molar-refractivity contribution >= 4 is 28.4 Å². The van der Waals surface area contributed by atoms with Crippen LogP contribution in [-0.2, 0) is 0 Å². The van der Waals surface area contributed by atoms with Gasteiger partial charge in [0.15, 0.2) is 11.7 Å². The molecule has 0 aliphatic heterocycles. The van der Waals surface area contributed by atoms with Gasteiger partial charge in [0, 0.05) is 15.3 Å². The van der Waals surface area contributed by atoms with Gasteiger partial charge in [-0.2, -0.15) is 5.26 Å². The van der Waals surface area contributed by atoms with Gasteiger partial charge in [0.2, 0.25) is 0 Å². The molecule has 0 fully saturated rings. The Balaban J connectivity index is 2.39. The molecule has 1 heterocycles. The first kappa shape index (κ1) is 12.7. The lowest BCUT2D eigenvalue weighted by Gasteiger charge is -2.08. The summed E-state index contributed by atoms with van der Waals surface area (Å²) in [7, 11) is 0. The van der Waals surface area contributed by atoms with Crippen molar-refractivity contribution in [2.75, 3.05) is 0 Å². The molecule has 0 radical (unpaired) electrons. The van der Waals surface area contributed by atoms with Crippen LogP contribution in [0.1, 0.15) is 22.0 Å². The minimum Gasteiger partial charge on any atom is -0.292 e. The fourth-order valence-electron chi connectivity index (χ4n) is 1.62. The van der Waals surface area contributed by atoms with Crippen molar-refractivity contribution in [1.82, 2.24) is 4.98 Å². The molecule has 1 aromatic carbocycles. The van der Waals surface area contributed by atoms with E-state index < -0.39 is 5.92 Å². The highest BCUT2D eigenvalue weighted by molar-refractivity contribution is 14.1. The van der Waals surface area contributed by atoms with Crippen LogP contribution in [0, 0.1) is 14.9 Å². The molecular formula is C14H9IN2O. The van der Waals surface area contributed by atoms with Crippen LogP contribution in [0.15, 0.2) is 48.7 Å². The fraction of sp³-hybridized carbons (Fsp3) is 0.0714. The molecule has 1 aromatic heterocycles. The van der Waals surface area contributed by atoms with Crippen molar-refractivity contribution < 1.29 is 4.79 Å². The third kappa shape index (κ3) is 2.57. The predicted molar refractivity (Wildman–Crippen MR) is 76.1 cm³/mol. The van der Waals surface area contributed by atoms with Crippen LogP contribution in [0.25, 0.3) is 0 Å². The molecule has 1 unspecified atom stereocenters. The summed E-state index contributed by atoms with van der Waals surface area (Å²) in [5.74, 6) is -1.05. The number of halogens is 1. The second kappa shape index (κ2) is 5.74. The third-order valence-corrected chi connectivity index (χ3v) is 3.45. The zero-order valence-corrected chi connectivity index (χ0v) is 11.5. The predicted octanol–water partition coefficient (Wildman–Crippen LogP) is 3.18. The Labute approximate surface area is 119 Å². The maximum absolute atomic E-state index is 12.3. The van der Waals surface area contributed by atoms with Crippen molar-refractivity contribution in [2.24, 2.45) is 0 Å². The van der Waals surface area contributed by atoms with Gasteiger partial charge in [-0.1, -0.05) is 24.3 Å². The van der Waals surface area contributed by atoms with Crippen molar-refractivity contribution in [3.05, 3.63) is 63.5 Å². The smallest absolute Gasteiger partial charge is 0.187 e. The lowest BCUT2D eigenvalue weighted by Crippen LogP contribution is -2.13. The highest BCUT2D eigenvalue weighted by Crippen LogP contribution is 2.21. The molecule has 0 N–H and O–H groups in total. The van der Waals surface area contributed by atoms with Gasteiger partial charge in [-0.3, -0.25) is 9.78 Å². The van der Waals surface area contributed by atoms with E-state index in [1.807, 2.05) is 18.2 Å². The molecule has 4 heteroatoms. The zero-order valence-electron chi connectivity index (χ0n) is 9.38. The lowest BCUT2D eigenvalue weighted by molar-refractivity contribution is 0.0976. The molecule has 18 heavy (non-hydrogen) atoms. The minimum absolute atomic E-state index is 0.207. The number of aromatic nitrogens is 1. The van der Waals surface area contributed by atoms with Gasteiger partial charge in [-0.25, -0.2) is 0 Å². The van der Waals surface area contributed by atoms with E-state index in [9.17, 15) is 10.1 Å². The molecule has 0 saturated heterocycles. The summed E-state index contributed by atoms with van der Waals surface area (Å²) in [6.45, 7) is 0. The SMILES string of the molecule is N#CC(C(=O)c1ccccc1I)c1ccccn1. The Bertz CT molecular complexity index is 605. The molecule has 0 amide bonds. The molecule has 0 aliphatic carbocycles. The Kier molecular flexibility index (Phi) is 4.05. The van der Waals surface area contributed by atoms with E-state index in [2.05, 4.69) is 27.6 Å². The minimum atomic E-state index is -0.845. The van der Waals surface area contributed by atoms with Gasteiger partial charge in [-0.05, 0) is 40.8 Å². The number of pyridine rings is 1. The number of carbonyl (C=O) groups excluding carboxylic acids is 1. The number of nitriles is 1. The molecule has 0 aliphatic rings. The molecular weight excluding hydrogens is 339 g/mol. The Morgan fingerprint density at radius 2 is 1.94 bits per heavy atom. The first-order chi connectivity index (χ1) is 8.74. The molecule has 2 rings (SSSR count). The lowest BCUT2D eigenvalue weighted by atomic mass is 9.95. The van der Waals surface area contributed by atoms with E-state index in [0.717, 1.165) is 3.57 Å². The van der Waals surface area contributed by atoms with Crippen molar-refractivity contribution in [1.29, 1.82) is 5.26 Å². The topological polar surface area (TPSA) is 53.8 Å². The third-order valence-electron chi connectivity index (χ3n) is 2.51. The summed E-state index contributed by atoms with van der Waals surface area (Å²) in [6.07, 6.45) is 1.59. The summed E-state index contributed by atoms with van der Waals surface area (Å²) in [5, 5.41) is 9.19. The standard InChI is InChI=1S/C14H9IN2O/c15-12-6-2-1-5-10(12)14(18)11(9-16)13-7-3-4-8-17-13/h1-8,11H. The van der Waals surface area contributed by atoms with E-state index in [1.54, 1.807) is 36.5 Å². The first-order valence-electron chi connectivity index (χ1n) is 5.33. The van der Waals surface area contributed by atoms with Crippen LogP contribution in [0.3, 0.4) is 0 Å². The summed E-state index contributed by atoms with van der Waals surface area (Å²) < 4.78 is 0.844. The van der Waals surface area contributed by atoms with Gasteiger partial charge in [0.05, 0.1) is 11.8 Å². The molecule has 3 nitrogen and oxygen atoms in total. The number of rotatable bonds is 3. The number of Topliss-reactive ketones (excluding diaryl/α,β-unsaturated/α-hetero) is 1. The molecule has 88 valence electrons. The van der Waals surface area contributed by atoms with Gasteiger partial charge < -0.3 is 0 Å². The summed E-state index contributed by atoms with van der Waals surface area (Å²) in [5.41, 5.74) is 1.06. The van der Waals surface area contributed by atoms with Crippen LogP contribution in [0.4, 0.5) is 0 Å². The summed E-state index contributed by atoms with van der Waals surface area (Å²) in [6, 6.07) is 14.5. The Morgan fingerprint density at radius 1 is 1.22 bits per heavy atom. The molecule has 0 saturated carbocycles. The van der Waals surface area contributed by atoms with Gasteiger partial charge in [-0.15, -0.1) is 0 Å². The zero-order chi connectivity index (χ0) is 13.0. The highest BCUT2D eigenvalue weighted by atomic mass is 127. The number of nitrogens with zero attached hydrogens (tertiary/aromatic N) is 2. The van der Waals surface area contributed by atoms with E-state index >= 15 is 0 Å². The molecule has 0 bridgehead atoms. The van der Waals surface area contributed by atoms with Gasteiger partial charge >= 0.3 is 0 Å². The maximum Gasteiger partial charge on any atom is 0.187 e. The number of carbonyl (C=O) groups is 1. The van der Waals surface area contributed by atoms with E-state index in [1.165, 1.54) is 0 Å². The normalized spacial score (nSPS) is 11.6. The summed E-state index contributed by atoms with van der Waals surface area (Å²) >= 11 is 2.09. The van der Waals surface area contributed by atoms with Crippen LogP contribution in [-0.4, -0.2) is 10.8 Å². The van der Waals surface area contributed by atoms with Gasteiger partial charge in [0.25, 0.3) is 0 Å². The van der Waals surface area contributed by atoms with Crippen molar-refractivity contribution in [3.63, 3.8) is 0 Å². The largest absolute Gasteiger partial charge is 0.292 e. The molecule has 1 atom stereocenters. The van der Waals surface area contributed by atoms with Crippen molar-refractivity contribution in [3.8, 4) is 6.07 Å². The monoisotopic (exact) mass is 348 g/mol. The number of hydrogen-bond acceptors (Lipinski definition) is 3. The number of ketones is 1. The summed E-state index contributed by atoms with van der Waals surface area (Å²) in [4.78, 5) is 16.4. The Morgan fingerprint density at radius 3 is 2.56 bits per heavy atom. The van der Waals surface area contributed by atoms with Gasteiger partial charge in [0.1, 0.15) is 0 Å². The van der Waals surface area contributed by atoms with Crippen LogP contribution >= 0.6 is 22.6 Å². The Hall–Kier alpha value is -1.74. The molecule has 0 spiro atoms. The quantitative estimate of drug-likeness (QED) is 0.632. The van der Waals surface area contributed by atoms with E-state index in [0.29, 0.717) is 11.3 Å². The van der Waals surface area contributed by atoms with Crippen molar-refractivity contribution in [2.45, 2.75) is 5.92 Å². The average molecular weight is 348 g/mol. The maximum atomic E-state index is 12.3. The second-order valence-electron chi connectivity index (χ2n) is 3.66. The fourth-order valence-corrected chi connectivity index (χ4v) is 2.28. The second-order valence-corrected chi connectivity index (χ2v) is 4.82. The van der Waals surface area contributed by atoms with E-state index in [4.69, 9.17) is 0 Å². The average Bonchev–Trinajstić information content (AvgIpc) is 2.41. The number of benzene rings is 1. The first-order valence-corrected chi connectivity index (χ1v) is 6.41. The highest BCUT2D eigenvalue weighted by Gasteiger charge is 2.24. The van der Waals surface area contributed by atoms with Crippen LogP contribution < -0.4 is 0 Å². The van der Waals surface area contributed by atoms with E-state index in [-0.39, 0.29) is 5.78 Å². The number of hydrogen-bond donors (Lipinski definition) is 0. The molecule has 2 aromatic rings. The van der Waals surface area contributed by atoms with Crippen LogP contribution in [0.5, 0.6) is 0 Å².